The number of nitrogens with one attached hydrogen (secondary N) is 1. The normalized spacial score (nSPS) is 12.1. The second-order valence-electron chi connectivity index (χ2n) is 5.62. The van der Waals surface area contributed by atoms with Crippen LogP contribution in [0.4, 0.5) is 5.69 Å². The maximum atomic E-state index is 12.1. The van der Waals surface area contributed by atoms with Crippen molar-refractivity contribution in [1.82, 2.24) is 10.2 Å². The van der Waals surface area contributed by atoms with Gasteiger partial charge in [-0.05, 0) is 37.4 Å². The molecule has 0 aliphatic heterocycles. The van der Waals surface area contributed by atoms with E-state index in [2.05, 4.69) is 22.3 Å². The molecular weight excluding hydrogens is 274 g/mol. The van der Waals surface area contributed by atoms with Crippen LogP contribution in [0.15, 0.2) is 54.6 Å². The Bertz CT molecular complexity index is 611. The maximum Gasteiger partial charge on any atom is 0.224 e. The fourth-order valence-electron chi connectivity index (χ4n) is 2.44. The molecule has 1 unspecified atom stereocenters. The molecule has 116 valence electrons. The first-order valence-corrected chi connectivity index (χ1v) is 7.39. The molecule has 0 aliphatic carbocycles. The first-order chi connectivity index (χ1) is 10.6. The van der Waals surface area contributed by atoms with Crippen LogP contribution in [-0.4, -0.2) is 31.4 Å². The maximum absolute atomic E-state index is 12.1. The quantitative estimate of drug-likeness (QED) is 0.804. The molecule has 0 aromatic heterocycles. The minimum Gasteiger partial charge on any atom is -0.399 e. The molecule has 2 rings (SSSR count). The van der Waals surface area contributed by atoms with Crippen molar-refractivity contribution in [1.29, 1.82) is 0 Å². The van der Waals surface area contributed by atoms with Crippen LogP contribution in [0.1, 0.15) is 17.2 Å². The highest BCUT2D eigenvalue weighted by Gasteiger charge is 2.15. The van der Waals surface area contributed by atoms with Gasteiger partial charge in [-0.25, -0.2) is 0 Å². The van der Waals surface area contributed by atoms with Gasteiger partial charge in [0.1, 0.15) is 0 Å². The summed E-state index contributed by atoms with van der Waals surface area (Å²) in [6.45, 7) is 0.582. The standard InChI is InChI=1S/C18H23N3O/c1-21(2)17(15-8-4-3-5-9-15)13-20-18(22)12-14-7-6-10-16(19)11-14/h3-11,17H,12-13,19H2,1-2H3,(H,20,22). The molecule has 22 heavy (non-hydrogen) atoms. The summed E-state index contributed by atoms with van der Waals surface area (Å²) in [7, 11) is 4.03. The van der Waals surface area contributed by atoms with Crippen LogP contribution in [0.3, 0.4) is 0 Å². The Balaban J connectivity index is 1.94. The number of likely N-dealkylation sites (N-methyl/N-ethyl adjacent to an activating group) is 1. The van der Waals surface area contributed by atoms with Crippen LogP contribution >= 0.6 is 0 Å². The van der Waals surface area contributed by atoms with Gasteiger partial charge in [0, 0.05) is 12.2 Å². The molecule has 4 heteroatoms. The summed E-state index contributed by atoms with van der Waals surface area (Å²) >= 11 is 0. The highest BCUT2D eigenvalue weighted by molar-refractivity contribution is 5.78. The van der Waals surface area contributed by atoms with Gasteiger partial charge in [0.05, 0.1) is 12.5 Å². The zero-order chi connectivity index (χ0) is 15.9. The van der Waals surface area contributed by atoms with Crippen LogP contribution in [0.2, 0.25) is 0 Å². The van der Waals surface area contributed by atoms with Gasteiger partial charge < -0.3 is 16.0 Å². The second-order valence-corrected chi connectivity index (χ2v) is 5.62. The van der Waals surface area contributed by atoms with Gasteiger partial charge in [0.25, 0.3) is 0 Å². The van der Waals surface area contributed by atoms with Crippen molar-refractivity contribution in [3.05, 3.63) is 65.7 Å². The third-order valence-corrected chi connectivity index (χ3v) is 3.62. The van der Waals surface area contributed by atoms with Gasteiger partial charge in [-0.2, -0.15) is 0 Å². The van der Waals surface area contributed by atoms with Gasteiger partial charge in [0.2, 0.25) is 5.91 Å². The van der Waals surface area contributed by atoms with Crippen molar-refractivity contribution in [2.45, 2.75) is 12.5 Å². The fourth-order valence-corrected chi connectivity index (χ4v) is 2.44. The Morgan fingerprint density at radius 1 is 1.14 bits per heavy atom. The van der Waals surface area contributed by atoms with E-state index in [0.717, 1.165) is 5.56 Å². The number of hydrogen-bond acceptors (Lipinski definition) is 3. The van der Waals surface area contributed by atoms with Gasteiger partial charge in [-0.1, -0.05) is 42.5 Å². The molecule has 0 spiro atoms. The number of carbonyl (C=O) groups excluding carboxylic acids is 1. The Morgan fingerprint density at radius 2 is 1.86 bits per heavy atom. The molecule has 0 saturated carbocycles. The predicted molar refractivity (Wildman–Crippen MR) is 90.4 cm³/mol. The lowest BCUT2D eigenvalue weighted by molar-refractivity contribution is -0.120. The van der Waals surface area contributed by atoms with Crippen molar-refractivity contribution < 1.29 is 4.79 Å². The first kappa shape index (κ1) is 16.0. The molecule has 0 fully saturated rings. The van der Waals surface area contributed by atoms with Gasteiger partial charge >= 0.3 is 0 Å². The van der Waals surface area contributed by atoms with E-state index in [-0.39, 0.29) is 11.9 Å². The highest BCUT2D eigenvalue weighted by atomic mass is 16.1. The average molecular weight is 297 g/mol. The monoisotopic (exact) mass is 297 g/mol. The minimum atomic E-state index is 0.00776. The van der Waals surface area contributed by atoms with E-state index in [4.69, 9.17) is 5.73 Å². The lowest BCUT2D eigenvalue weighted by atomic mass is 10.1. The molecule has 0 bridgehead atoms. The Labute approximate surface area is 131 Å². The lowest BCUT2D eigenvalue weighted by Crippen LogP contribution is -2.35. The molecule has 3 N–H and O–H groups in total. The molecular formula is C18H23N3O. The zero-order valence-corrected chi connectivity index (χ0v) is 13.1. The topological polar surface area (TPSA) is 58.4 Å². The summed E-state index contributed by atoms with van der Waals surface area (Å²) in [4.78, 5) is 14.2. The molecule has 4 nitrogen and oxygen atoms in total. The van der Waals surface area contributed by atoms with Crippen LogP contribution in [0.5, 0.6) is 0 Å². The van der Waals surface area contributed by atoms with Gasteiger partial charge in [-0.3, -0.25) is 4.79 Å². The molecule has 1 amide bonds. The molecule has 0 saturated heterocycles. The van der Waals surface area contributed by atoms with Crippen molar-refractivity contribution in [2.24, 2.45) is 0 Å². The number of nitrogen functional groups attached to an aromatic ring is 1. The van der Waals surface area contributed by atoms with Gasteiger partial charge in [-0.15, -0.1) is 0 Å². The fraction of sp³-hybridized carbons (Fsp3) is 0.278. The largest absolute Gasteiger partial charge is 0.399 e. The summed E-state index contributed by atoms with van der Waals surface area (Å²) < 4.78 is 0. The summed E-state index contributed by atoms with van der Waals surface area (Å²) in [5, 5.41) is 3.01. The van der Waals surface area contributed by atoms with Crippen molar-refractivity contribution in [3.8, 4) is 0 Å². The molecule has 0 aliphatic rings. The number of amides is 1. The molecule has 1 atom stereocenters. The Hall–Kier alpha value is -2.33. The van der Waals surface area contributed by atoms with Crippen molar-refractivity contribution in [3.63, 3.8) is 0 Å². The van der Waals surface area contributed by atoms with Crippen LogP contribution in [0, 0.1) is 0 Å². The highest BCUT2D eigenvalue weighted by Crippen LogP contribution is 2.16. The predicted octanol–water partition coefficient (Wildman–Crippen LogP) is 2.23. The van der Waals surface area contributed by atoms with E-state index in [1.165, 1.54) is 5.56 Å². The van der Waals surface area contributed by atoms with E-state index in [1.54, 1.807) is 0 Å². The Kier molecular flexibility index (Phi) is 5.55. The summed E-state index contributed by atoms with van der Waals surface area (Å²) in [5.74, 6) is 0.00776. The number of rotatable bonds is 6. The van der Waals surface area contributed by atoms with Gasteiger partial charge in [0.15, 0.2) is 0 Å². The van der Waals surface area contributed by atoms with Crippen molar-refractivity contribution >= 4 is 11.6 Å². The smallest absolute Gasteiger partial charge is 0.224 e. The summed E-state index contributed by atoms with van der Waals surface area (Å²) in [5.41, 5.74) is 8.54. The minimum absolute atomic E-state index is 0.00776. The van der Waals surface area contributed by atoms with Crippen LogP contribution in [0.25, 0.3) is 0 Å². The van der Waals surface area contributed by atoms with E-state index >= 15 is 0 Å². The Morgan fingerprint density at radius 3 is 2.50 bits per heavy atom. The molecule has 0 radical (unpaired) electrons. The summed E-state index contributed by atoms with van der Waals surface area (Å²) in [6.07, 6.45) is 0.347. The third-order valence-electron chi connectivity index (χ3n) is 3.62. The van der Waals surface area contributed by atoms with E-state index in [1.807, 2.05) is 56.6 Å². The number of carbonyl (C=O) groups is 1. The SMILES string of the molecule is CN(C)C(CNC(=O)Cc1cccc(N)c1)c1ccccc1. The van der Waals surface area contributed by atoms with Crippen molar-refractivity contribution in [2.75, 3.05) is 26.4 Å². The first-order valence-electron chi connectivity index (χ1n) is 7.39. The van der Waals surface area contributed by atoms with E-state index < -0.39 is 0 Å². The average Bonchev–Trinajstić information content (AvgIpc) is 2.48. The second kappa shape index (κ2) is 7.61. The van der Waals surface area contributed by atoms with E-state index in [9.17, 15) is 4.79 Å². The number of benzene rings is 2. The molecule has 2 aromatic rings. The van der Waals surface area contributed by atoms with E-state index in [0.29, 0.717) is 18.7 Å². The zero-order valence-electron chi connectivity index (χ0n) is 13.1. The third kappa shape index (κ3) is 4.60. The van der Waals surface area contributed by atoms with Crippen LogP contribution in [-0.2, 0) is 11.2 Å². The van der Waals surface area contributed by atoms with Crippen LogP contribution < -0.4 is 11.1 Å². The number of anilines is 1. The number of nitrogens with zero attached hydrogens (tertiary/aromatic N) is 1. The molecule has 2 aromatic carbocycles. The number of nitrogens with two attached hydrogens (primary N) is 1. The molecule has 0 heterocycles. The lowest BCUT2D eigenvalue weighted by Gasteiger charge is -2.25. The number of hydrogen-bond donors (Lipinski definition) is 2. The summed E-state index contributed by atoms with van der Waals surface area (Å²) in [6, 6.07) is 17.8.